The Kier molecular flexibility index (Phi) is 6.30. The summed E-state index contributed by atoms with van der Waals surface area (Å²) in [6, 6.07) is 2.24. The van der Waals surface area contributed by atoms with Gasteiger partial charge in [0.05, 0.1) is 0 Å². The van der Waals surface area contributed by atoms with Crippen molar-refractivity contribution in [3.8, 4) is 0 Å². The van der Waals surface area contributed by atoms with E-state index >= 15 is 0 Å². The molecule has 4 heteroatoms. The van der Waals surface area contributed by atoms with Crippen molar-refractivity contribution >= 4 is 27.3 Å². The minimum Gasteiger partial charge on any atom is -0.329 e. The van der Waals surface area contributed by atoms with Crippen LogP contribution in [0.3, 0.4) is 0 Å². The van der Waals surface area contributed by atoms with Gasteiger partial charge in [0.25, 0.3) is 0 Å². The van der Waals surface area contributed by atoms with Gasteiger partial charge in [-0.1, -0.05) is 26.7 Å². The summed E-state index contributed by atoms with van der Waals surface area (Å²) in [5, 5.41) is 2.17. The number of nitrogens with zero attached hydrogens (tertiary/aromatic N) is 1. The number of nitrogens with two attached hydrogens (primary N) is 1. The summed E-state index contributed by atoms with van der Waals surface area (Å²) in [6.07, 6.45) is 6.51. The molecule has 1 heterocycles. The van der Waals surface area contributed by atoms with Crippen molar-refractivity contribution in [1.82, 2.24) is 4.90 Å². The molecule has 2 N–H and O–H groups in total. The summed E-state index contributed by atoms with van der Waals surface area (Å²) in [6.45, 7) is 6.53. The maximum atomic E-state index is 6.24. The SMILES string of the molecule is CC(C)C1CCCC(CN)(N(C)Cc2cc(Br)cs2)CC1. The molecule has 2 nitrogen and oxygen atoms in total. The van der Waals surface area contributed by atoms with Crippen molar-refractivity contribution < 1.29 is 0 Å². The number of thiophene rings is 1. The van der Waals surface area contributed by atoms with Crippen molar-refractivity contribution in [3.05, 3.63) is 20.8 Å². The lowest BCUT2D eigenvalue weighted by molar-refractivity contribution is 0.0986. The van der Waals surface area contributed by atoms with Gasteiger partial charge in [-0.25, -0.2) is 0 Å². The first-order valence-corrected chi connectivity index (χ1v) is 9.78. The Morgan fingerprint density at radius 2 is 2.19 bits per heavy atom. The normalized spacial score (nSPS) is 27.3. The highest BCUT2D eigenvalue weighted by molar-refractivity contribution is 9.10. The molecule has 0 amide bonds. The fourth-order valence-corrected chi connectivity index (χ4v) is 5.17. The van der Waals surface area contributed by atoms with Gasteiger partial charge in [0, 0.05) is 33.4 Å². The maximum Gasteiger partial charge on any atom is 0.0332 e. The third kappa shape index (κ3) is 4.31. The van der Waals surface area contributed by atoms with E-state index in [1.807, 2.05) is 11.3 Å². The van der Waals surface area contributed by atoms with Crippen LogP contribution < -0.4 is 5.73 Å². The monoisotopic (exact) mass is 372 g/mol. The zero-order valence-electron chi connectivity index (χ0n) is 13.6. The number of hydrogen-bond acceptors (Lipinski definition) is 3. The molecule has 21 heavy (non-hydrogen) atoms. The highest BCUT2D eigenvalue weighted by Crippen LogP contribution is 2.37. The molecule has 120 valence electrons. The molecule has 1 aliphatic rings. The lowest BCUT2D eigenvalue weighted by Crippen LogP contribution is -2.51. The van der Waals surface area contributed by atoms with E-state index < -0.39 is 0 Å². The summed E-state index contributed by atoms with van der Waals surface area (Å²) in [7, 11) is 2.26. The average Bonchev–Trinajstić information content (AvgIpc) is 2.74. The molecule has 1 aliphatic carbocycles. The van der Waals surface area contributed by atoms with Crippen LogP contribution in [-0.2, 0) is 6.54 Å². The molecule has 2 atom stereocenters. The van der Waals surface area contributed by atoms with Gasteiger partial charge >= 0.3 is 0 Å². The largest absolute Gasteiger partial charge is 0.329 e. The molecule has 2 unspecified atom stereocenters. The first kappa shape index (κ1) is 17.5. The predicted molar refractivity (Wildman–Crippen MR) is 96.7 cm³/mol. The molecule has 2 rings (SSSR count). The molecule has 0 spiro atoms. The van der Waals surface area contributed by atoms with Crippen molar-refractivity contribution in [1.29, 1.82) is 0 Å². The van der Waals surface area contributed by atoms with Gasteiger partial charge in [0.2, 0.25) is 0 Å². The highest BCUT2D eigenvalue weighted by atomic mass is 79.9. The Morgan fingerprint density at radius 3 is 2.76 bits per heavy atom. The van der Waals surface area contributed by atoms with Crippen LogP contribution in [0, 0.1) is 11.8 Å². The fraction of sp³-hybridized carbons (Fsp3) is 0.765. The van der Waals surface area contributed by atoms with E-state index in [9.17, 15) is 0 Å². The fourth-order valence-electron chi connectivity index (χ4n) is 3.66. The van der Waals surface area contributed by atoms with Gasteiger partial charge < -0.3 is 5.73 Å². The summed E-state index contributed by atoms with van der Waals surface area (Å²) < 4.78 is 1.19. The molecule has 1 aromatic rings. The summed E-state index contributed by atoms with van der Waals surface area (Å²) in [4.78, 5) is 3.94. The standard InChI is InChI=1S/C17H29BrN2S/c1-13(2)14-5-4-7-17(12-19,8-6-14)20(3)10-16-9-15(18)11-21-16/h9,11,13-14H,4-8,10,12,19H2,1-3H3. The molecule has 0 saturated heterocycles. The molecule has 0 aliphatic heterocycles. The molecular weight excluding hydrogens is 344 g/mol. The van der Waals surface area contributed by atoms with E-state index in [2.05, 4.69) is 53.2 Å². The Morgan fingerprint density at radius 1 is 1.43 bits per heavy atom. The lowest BCUT2D eigenvalue weighted by Gasteiger charge is -2.41. The molecule has 0 bridgehead atoms. The van der Waals surface area contributed by atoms with E-state index in [-0.39, 0.29) is 5.54 Å². The minimum atomic E-state index is 0.195. The number of halogens is 1. The third-order valence-corrected chi connectivity index (χ3v) is 7.03. The molecule has 1 aromatic heterocycles. The van der Waals surface area contributed by atoms with Crippen LogP contribution >= 0.6 is 27.3 Å². The smallest absolute Gasteiger partial charge is 0.0332 e. The Labute approximate surface area is 142 Å². The number of hydrogen-bond donors (Lipinski definition) is 1. The van der Waals surface area contributed by atoms with Crippen molar-refractivity contribution in [3.63, 3.8) is 0 Å². The zero-order valence-corrected chi connectivity index (χ0v) is 16.0. The first-order chi connectivity index (χ1) is 9.97. The Balaban J connectivity index is 2.05. The lowest BCUT2D eigenvalue weighted by atomic mass is 9.85. The van der Waals surface area contributed by atoms with Crippen molar-refractivity contribution in [2.75, 3.05) is 13.6 Å². The predicted octanol–water partition coefficient (Wildman–Crippen LogP) is 4.88. The van der Waals surface area contributed by atoms with Gasteiger partial charge in [-0.15, -0.1) is 11.3 Å². The van der Waals surface area contributed by atoms with Crippen LogP contribution in [0.4, 0.5) is 0 Å². The van der Waals surface area contributed by atoms with E-state index in [1.54, 1.807) is 0 Å². The molecule has 0 aromatic carbocycles. The number of rotatable bonds is 5. The van der Waals surface area contributed by atoms with Crippen LogP contribution in [-0.4, -0.2) is 24.0 Å². The van der Waals surface area contributed by atoms with E-state index in [1.165, 1.54) is 41.5 Å². The quantitative estimate of drug-likeness (QED) is 0.746. The minimum absolute atomic E-state index is 0.195. The third-order valence-electron chi connectivity index (χ3n) is 5.34. The van der Waals surface area contributed by atoms with Crippen molar-refractivity contribution in [2.45, 2.75) is 58.0 Å². The van der Waals surface area contributed by atoms with Gasteiger partial charge in [-0.05, 0) is 60.1 Å². The van der Waals surface area contributed by atoms with Gasteiger partial charge in [-0.2, -0.15) is 0 Å². The Bertz CT molecular complexity index is 446. The van der Waals surface area contributed by atoms with Gasteiger partial charge in [-0.3, -0.25) is 4.90 Å². The van der Waals surface area contributed by atoms with Crippen LogP contribution in [0.1, 0.15) is 50.8 Å². The molecule has 0 radical (unpaired) electrons. The molecular formula is C17H29BrN2S. The zero-order chi connectivity index (χ0) is 15.5. The van der Waals surface area contributed by atoms with Crippen LogP contribution in [0.25, 0.3) is 0 Å². The summed E-state index contributed by atoms with van der Waals surface area (Å²) in [5.41, 5.74) is 6.44. The molecule has 1 fully saturated rings. The summed E-state index contributed by atoms with van der Waals surface area (Å²) in [5.74, 6) is 1.68. The Hall–Kier alpha value is 0.1000. The van der Waals surface area contributed by atoms with E-state index in [0.29, 0.717) is 0 Å². The summed E-state index contributed by atoms with van der Waals surface area (Å²) >= 11 is 5.38. The number of likely N-dealkylation sites (N-methyl/N-ethyl adjacent to an activating group) is 1. The maximum absolute atomic E-state index is 6.24. The first-order valence-electron chi connectivity index (χ1n) is 8.11. The average molecular weight is 373 g/mol. The van der Waals surface area contributed by atoms with Crippen LogP contribution in [0.15, 0.2) is 15.9 Å². The second-order valence-electron chi connectivity index (χ2n) is 6.95. The van der Waals surface area contributed by atoms with Crippen LogP contribution in [0.2, 0.25) is 0 Å². The molecule has 1 saturated carbocycles. The van der Waals surface area contributed by atoms with E-state index in [0.717, 1.165) is 24.9 Å². The van der Waals surface area contributed by atoms with Gasteiger partial charge in [0.15, 0.2) is 0 Å². The van der Waals surface area contributed by atoms with Crippen molar-refractivity contribution in [2.24, 2.45) is 17.6 Å². The second kappa shape index (κ2) is 7.58. The van der Waals surface area contributed by atoms with Crippen LogP contribution in [0.5, 0.6) is 0 Å². The van der Waals surface area contributed by atoms with E-state index in [4.69, 9.17) is 5.73 Å². The van der Waals surface area contributed by atoms with Gasteiger partial charge in [0.1, 0.15) is 0 Å². The topological polar surface area (TPSA) is 29.3 Å². The highest BCUT2D eigenvalue weighted by Gasteiger charge is 2.36. The second-order valence-corrected chi connectivity index (χ2v) is 8.86.